The Morgan fingerprint density at radius 3 is 2.52 bits per heavy atom. The number of aryl methyl sites for hydroxylation is 1. The average Bonchev–Trinajstić information content (AvgIpc) is 2.55. The number of hydrogen-bond acceptors (Lipinski definition) is 4. The molecule has 2 aromatic carbocycles. The van der Waals surface area contributed by atoms with Crippen LogP contribution >= 0.6 is 11.6 Å². The van der Waals surface area contributed by atoms with Crippen molar-refractivity contribution in [3.63, 3.8) is 0 Å². The molecule has 2 aromatic rings. The number of benzene rings is 2. The van der Waals surface area contributed by atoms with Gasteiger partial charge in [-0.05, 0) is 30.2 Å². The number of methoxy groups -OCH3 is 1. The minimum absolute atomic E-state index is 0.0927. The van der Waals surface area contributed by atoms with E-state index in [4.69, 9.17) is 22.1 Å². The number of nitrogens with two attached hydrogens (primary N) is 1. The van der Waals surface area contributed by atoms with Crippen molar-refractivity contribution >= 4 is 21.6 Å². The molecule has 0 fully saturated rings. The Balaban J connectivity index is 2.18. The molecule has 7 heteroatoms. The minimum Gasteiger partial charge on any atom is -0.495 e. The fraction of sp³-hybridized carbons (Fsp3) is 0.250. The van der Waals surface area contributed by atoms with Gasteiger partial charge in [-0.2, -0.15) is 0 Å². The molecular weight excluding hydrogens is 336 g/mol. The molecule has 1 atom stereocenters. The predicted octanol–water partition coefficient (Wildman–Crippen LogP) is 2.64. The third kappa shape index (κ3) is 4.23. The number of hydrogen-bond donors (Lipinski definition) is 2. The Kier molecular flexibility index (Phi) is 5.64. The molecule has 0 saturated carbocycles. The summed E-state index contributed by atoms with van der Waals surface area (Å²) in [4.78, 5) is 0.114. The van der Waals surface area contributed by atoms with E-state index in [1.807, 2.05) is 30.3 Å². The molecule has 3 N–H and O–H groups in total. The van der Waals surface area contributed by atoms with Crippen molar-refractivity contribution in [1.29, 1.82) is 0 Å². The number of sulfonamides is 1. The van der Waals surface area contributed by atoms with Crippen LogP contribution in [-0.4, -0.2) is 22.1 Å². The van der Waals surface area contributed by atoms with Gasteiger partial charge in [-0.1, -0.05) is 41.9 Å². The van der Waals surface area contributed by atoms with Crippen LogP contribution in [0.4, 0.5) is 0 Å². The lowest BCUT2D eigenvalue weighted by Gasteiger charge is -2.15. The summed E-state index contributed by atoms with van der Waals surface area (Å²) in [5.74, 6) is 0.434. The summed E-state index contributed by atoms with van der Waals surface area (Å²) in [5.41, 5.74) is 7.43. The van der Waals surface area contributed by atoms with Crippen LogP contribution in [0.15, 0.2) is 47.4 Å². The summed E-state index contributed by atoms with van der Waals surface area (Å²) >= 11 is 6.02. The summed E-state index contributed by atoms with van der Waals surface area (Å²) in [6.45, 7) is 1.78. The van der Waals surface area contributed by atoms with E-state index < -0.39 is 16.1 Å². The first kappa shape index (κ1) is 17.7. The van der Waals surface area contributed by atoms with Gasteiger partial charge in [-0.3, -0.25) is 0 Å². The van der Waals surface area contributed by atoms with Gasteiger partial charge in [-0.15, -0.1) is 0 Å². The molecule has 0 heterocycles. The molecule has 5 nitrogen and oxygen atoms in total. The highest BCUT2D eigenvalue weighted by molar-refractivity contribution is 7.89. The fourth-order valence-corrected chi connectivity index (χ4v) is 3.79. The number of rotatable bonds is 6. The van der Waals surface area contributed by atoms with Gasteiger partial charge < -0.3 is 10.5 Å². The third-order valence-corrected chi connectivity index (χ3v) is 5.32. The van der Waals surface area contributed by atoms with E-state index in [0.717, 1.165) is 5.56 Å². The first-order valence-electron chi connectivity index (χ1n) is 6.99. The molecule has 0 aliphatic carbocycles. The van der Waals surface area contributed by atoms with Crippen molar-refractivity contribution in [2.75, 3.05) is 13.7 Å². The normalized spacial score (nSPS) is 12.9. The Morgan fingerprint density at radius 2 is 1.91 bits per heavy atom. The van der Waals surface area contributed by atoms with Crippen molar-refractivity contribution in [2.24, 2.45) is 5.73 Å². The predicted molar refractivity (Wildman–Crippen MR) is 91.3 cm³/mol. The van der Waals surface area contributed by atoms with Crippen LogP contribution in [0.25, 0.3) is 0 Å². The molecular formula is C16H19ClN2O3S. The van der Waals surface area contributed by atoms with E-state index in [1.165, 1.54) is 13.2 Å². The second-order valence-corrected chi connectivity index (χ2v) is 7.26. The van der Waals surface area contributed by atoms with Crippen LogP contribution in [0.3, 0.4) is 0 Å². The van der Waals surface area contributed by atoms with Crippen LogP contribution in [0.1, 0.15) is 17.2 Å². The molecule has 0 aliphatic rings. The highest BCUT2D eigenvalue weighted by Gasteiger charge is 2.20. The van der Waals surface area contributed by atoms with Gasteiger partial charge in [0.25, 0.3) is 0 Å². The molecule has 0 radical (unpaired) electrons. The van der Waals surface area contributed by atoms with E-state index in [0.29, 0.717) is 11.3 Å². The van der Waals surface area contributed by atoms with Gasteiger partial charge in [0.1, 0.15) is 5.75 Å². The number of nitrogens with one attached hydrogen (secondary N) is 1. The third-order valence-electron chi connectivity index (χ3n) is 3.46. The Labute approximate surface area is 141 Å². The average molecular weight is 355 g/mol. The molecule has 124 valence electrons. The maximum absolute atomic E-state index is 12.5. The molecule has 0 spiro atoms. The van der Waals surface area contributed by atoms with Crippen LogP contribution in [-0.2, 0) is 10.0 Å². The van der Waals surface area contributed by atoms with Gasteiger partial charge >= 0.3 is 0 Å². The van der Waals surface area contributed by atoms with Gasteiger partial charge in [0, 0.05) is 12.6 Å². The van der Waals surface area contributed by atoms with Gasteiger partial charge in [0.05, 0.1) is 17.0 Å². The molecule has 0 aliphatic heterocycles. The van der Waals surface area contributed by atoms with Crippen LogP contribution in [0.2, 0.25) is 5.02 Å². The summed E-state index contributed by atoms with van der Waals surface area (Å²) in [6, 6.07) is 11.8. The second kappa shape index (κ2) is 7.31. The lowest BCUT2D eigenvalue weighted by Crippen LogP contribution is -2.32. The van der Waals surface area contributed by atoms with Crippen molar-refractivity contribution in [3.8, 4) is 5.75 Å². The molecule has 0 bridgehead atoms. The van der Waals surface area contributed by atoms with Gasteiger partial charge in [0.2, 0.25) is 10.0 Å². The number of ether oxygens (including phenoxy) is 1. The maximum atomic E-state index is 12.5. The smallest absolute Gasteiger partial charge is 0.240 e. The lowest BCUT2D eigenvalue weighted by molar-refractivity contribution is 0.414. The van der Waals surface area contributed by atoms with Crippen LogP contribution in [0, 0.1) is 6.92 Å². The van der Waals surface area contributed by atoms with Crippen molar-refractivity contribution < 1.29 is 13.2 Å². The topological polar surface area (TPSA) is 81.4 Å². The highest BCUT2D eigenvalue weighted by Crippen LogP contribution is 2.30. The quantitative estimate of drug-likeness (QED) is 0.835. The second-order valence-electron chi connectivity index (χ2n) is 5.12. The summed E-state index contributed by atoms with van der Waals surface area (Å²) in [7, 11) is -2.23. The van der Waals surface area contributed by atoms with E-state index in [9.17, 15) is 8.42 Å². The largest absolute Gasteiger partial charge is 0.495 e. The zero-order valence-electron chi connectivity index (χ0n) is 12.9. The molecule has 0 saturated heterocycles. The monoisotopic (exact) mass is 354 g/mol. The lowest BCUT2D eigenvalue weighted by atomic mass is 10.1. The summed E-state index contributed by atoms with van der Waals surface area (Å²) < 4.78 is 32.6. The Hall–Kier alpha value is -1.60. The van der Waals surface area contributed by atoms with E-state index in [1.54, 1.807) is 13.0 Å². The van der Waals surface area contributed by atoms with Crippen molar-refractivity contribution in [2.45, 2.75) is 17.9 Å². The molecule has 0 amide bonds. The maximum Gasteiger partial charge on any atom is 0.240 e. The zero-order chi connectivity index (χ0) is 17.0. The first-order valence-corrected chi connectivity index (χ1v) is 8.85. The van der Waals surface area contributed by atoms with E-state index in [-0.39, 0.29) is 16.5 Å². The van der Waals surface area contributed by atoms with E-state index >= 15 is 0 Å². The standard InChI is InChI=1S/C16H19ClN2O3S/c1-11-8-15(22-2)13(17)9-16(11)23(20,21)19-10-14(18)12-6-4-3-5-7-12/h3-9,14,19H,10,18H2,1-2H3. The highest BCUT2D eigenvalue weighted by atomic mass is 35.5. The zero-order valence-corrected chi connectivity index (χ0v) is 14.5. The fourth-order valence-electron chi connectivity index (χ4n) is 2.18. The first-order chi connectivity index (χ1) is 10.8. The van der Waals surface area contributed by atoms with Gasteiger partial charge in [0.15, 0.2) is 0 Å². The van der Waals surface area contributed by atoms with Crippen LogP contribution in [0.5, 0.6) is 5.75 Å². The summed E-state index contributed by atoms with van der Waals surface area (Å²) in [6.07, 6.45) is 0. The Bertz CT molecular complexity index is 779. The summed E-state index contributed by atoms with van der Waals surface area (Å²) in [5, 5.41) is 0.242. The molecule has 1 unspecified atom stereocenters. The molecule has 2 rings (SSSR count). The van der Waals surface area contributed by atoms with Gasteiger partial charge in [-0.25, -0.2) is 13.1 Å². The molecule has 23 heavy (non-hydrogen) atoms. The number of halogens is 1. The van der Waals surface area contributed by atoms with E-state index in [2.05, 4.69) is 4.72 Å². The van der Waals surface area contributed by atoms with Crippen molar-refractivity contribution in [1.82, 2.24) is 4.72 Å². The SMILES string of the molecule is COc1cc(C)c(S(=O)(=O)NCC(N)c2ccccc2)cc1Cl. The van der Waals surface area contributed by atoms with Crippen molar-refractivity contribution in [3.05, 3.63) is 58.6 Å². The molecule has 0 aromatic heterocycles. The Morgan fingerprint density at radius 1 is 1.26 bits per heavy atom. The van der Waals surface area contributed by atoms with Crippen LogP contribution < -0.4 is 15.2 Å². The minimum atomic E-state index is -3.71.